The third kappa shape index (κ3) is 5.80. The van der Waals surface area contributed by atoms with E-state index in [2.05, 4.69) is 4.89 Å². The molecule has 0 aromatic heterocycles. The third-order valence-electron chi connectivity index (χ3n) is 3.91. The van der Waals surface area contributed by atoms with E-state index in [0.29, 0.717) is 23.9 Å². The maximum absolute atomic E-state index is 10.5. The molecule has 0 aliphatic rings. The van der Waals surface area contributed by atoms with Gasteiger partial charge in [-0.1, -0.05) is 48.5 Å². The molecule has 0 bridgehead atoms. The lowest BCUT2D eigenvalue weighted by atomic mass is 10.2. The topological polar surface area (TPSA) is 83.5 Å². The molecular formula is C22H20O7. The Kier molecular flexibility index (Phi) is 6.78. The lowest BCUT2D eigenvalue weighted by Gasteiger charge is -2.13. The van der Waals surface area contributed by atoms with Gasteiger partial charge < -0.3 is 19.3 Å². The van der Waals surface area contributed by atoms with Crippen molar-refractivity contribution in [2.45, 2.75) is 13.2 Å². The number of para-hydroxylation sites is 2. The van der Waals surface area contributed by atoms with Gasteiger partial charge in [-0.3, -0.25) is 4.89 Å². The molecule has 3 aromatic rings. The number of rotatable bonds is 9. The highest BCUT2D eigenvalue weighted by Crippen LogP contribution is 2.31. The zero-order valence-corrected chi connectivity index (χ0v) is 15.7. The number of hydrogen-bond acceptors (Lipinski definition) is 6. The van der Waals surface area contributed by atoms with Crippen LogP contribution in [0.4, 0.5) is 4.79 Å². The van der Waals surface area contributed by atoms with Gasteiger partial charge in [0.2, 0.25) is 5.75 Å². The molecule has 0 spiro atoms. The molecule has 1 N–H and O–H groups in total. The summed E-state index contributed by atoms with van der Waals surface area (Å²) in [6.07, 6.45) is -1.55. The van der Waals surface area contributed by atoms with Gasteiger partial charge in [0.1, 0.15) is 13.2 Å². The standard InChI is InChI=1S/C22H20O7/c1-25-21-13-17(11-12-19(21)26-14-16-7-3-2-4-8-16)15-27-18-9-5-6-10-20(18)28-29-22(23)24/h2-13H,14-15H2,1H3,(H,23,24). The summed E-state index contributed by atoms with van der Waals surface area (Å²) in [5.41, 5.74) is 1.89. The van der Waals surface area contributed by atoms with Crippen molar-refractivity contribution < 1.29 is 33.9 Å². The number of benzene rings is 3. The summed E-state index contributed by atoms with van der Waals surface area (Å²) >= 11 is 0. The molecule has 0 radical (unpaired) electrons. The van der Waals surface area contributed by atoms with Crippen LogP contribution in [0, 0.1) is 0 Å². The molecule has 150 valence electrons. The molecule has 0 saturated heterocycles. The normalized spacial score (nSPS) is 10.1. The van der Waals surface area contributed by atoms with Gasteiger partial charge in [-0.25, -0.2) is 9.68 Å². The van der Waals surface area contributed by atoms with Gasteiger partial charge in [0.05, 0.1) is 7.11 Å². The summed E-state index contributed by atoms with van der Waals surface area (Å²) in [6, 6.07) is 21.9. The predicted octanol–water partition coefficient (Wildman–Crippen LogP) is 4.84. The second-order valence-corrected chi connectivity index (χ2v) is 5.93. The van der Waals surface area contributed by atoms with Crippen LogP contribution in [-0.4, -0.2) is 18.4 Å². The average molecular weight is 396 g/mol. The number of methoxy groups -OCH3 is 1. The van der Waals surface area contributed by atoms with E-state index in [1.807, 2.05) is 48.5 Å². The first-order chi connectivity index (χ1) is 14.2. The number of carboxylic acid groups (broad SMARTS) is 1. The summed E-state index contributed by atoms with van der Waals surface area (Å²) in [4.78, 5) is 19.4. The zero-order chi connectivity index (χ0) is 20.5. The molecule has 0 saturated carbocycles. The highest BCUT2D eigenvalue weighted by molar-refractivity contribution is 5.56. The smallest absolute Gasteiger partial charge is 0.493 e. The van der Waals surface area contributed by atoms with Gasteiger partial charge in [0.25, 0.3) is 0 Å². The summed E-state index contributed by atoms with van der Waals surface area (Å²) in [7, 11) is 1.57. The highest BCUT2D eigenvalue weighted by Gasteiger charge is 2.10. The summed E-state index contributed by atoms with van der Waals surface area (Å²) in [5, 5.41) is 8.56. The third-order valence-corrected chi connectivity index (χ3v) is 3.91. The van der Waals surface area contributed by atoms with E-state index in [9.17, 15) is 4.79 Å². The zero-order valence-electron chi connectivity index (χ0n) is 15.7. The van der Waals surface area contributed by atoms with Crippen LogP contribution in [0.2, 0.25) is 0 Å². The minimum Gasteiger partial charge on any atom is -0.493 e. The molecule has 0 aliphatic carbocycles. The molecule has 29 heavy (non-hydrogen) atoms. The monoisotopic (exact) mass is 396 g/mol. The van der Waals surface area contributed by atoms with Crippen molar-refractivity contribution in [1.82, 2.24) is 0 Å². The Morgan fingerprint density at radius 1 is 0.759 bits per heavy atom. The fraction of sp³-hybridized carbons (Fsp3) is 0.136. The van der Waals surface area contributed by atoms with Crippen molar-refractivity contribution in [3.8, 4) is 23.0 Å². The lowest BCUT2D eigenvalue weighted by molar-refractivity contribution is -0.162. The van der Waals surface area contributed by atoms with E-state index in [0.717, 1.165) is 11.1 Å². The minimum atomic E-state index is -1.55. The molecule has 0 heterocycles. The Hall–Kier alpha value is -3.87. The molecule has 0 aliphatic heterocycles. The quantitative estimate of drug-likeness (QED) is 0.409. The first-order valence-corrected chi connectivity index (χ1v) is 8.78. The van der Waals surface area contributed by atoms with Crippen LogP contribution >= 0.6 is 0 Å². The van der Waals surface area contributed by atoms with Crippen molar-refractivity contribution in [1.29, 1.82) is 0 Å². The molecule has 0 amide bonds. The highest BCUT2D eigenvalue weighted by atomic mass is 17.2. The second kappa shape index (κ2) is 9.89. The molecule has 3 aromatic carbocycles. The van der Waals surface area contributed by atoms with Crippen molar-refractivity contribution in [2.24, 2.45) is 0 Å². The van der Waals surface area contributed by atoms with E-state index in [1.54, 1.807) is 31.4 Å². The first kappa shape index (κ1) is 19.9. The molecule has 3 rings (SSSR count). The first-order valence-electron chi connectivity index (χ1n) is 8.78. The fourth-order valence-electron chi connectivity index (χ4n) is 2.54. The Morgan fingerprint density at radius 3 is 2.07 bits per heavy atom. The maximum atomic E-state index is 10.5. The second-order valence-electron chi connectivity index (χ2n) is 5.93. The lowest BCUT2D eigenvalue weighted by Crippen LogP contribution is -2.06. The Morgan fingerprint density at radius 2 is 1.38 bits per heavy atom. The Labute approximate surface area is 167 Å². The SMILES string of the molecule is COc1cc(COc2ccccc2OOC(=O)O)ccc1OCc1ccccc1. The van der Waals surface area contributed by atoms with Crippen LogP contribution in [0.3, 0.4) is 0 Å². The number of hydrogen-bond donors (Lipinski definition) is 1. The number of ether oxygens (including phenoxy) is 3. The van der Waals surface area contributed by atoms with Gasteiger partial charge in [-0.05, 0) is 35.4 Å². The van der Waals surface area contributed by atoms with Crippen LogP contribution in [0.1, 0.15) is 11.1 Å². The molecule has 0 atom stereocenters. The van der Waals surface area contributed by atoms with E-state index in [1.165, 1.54) is 0 Å². The Bertz CT molecular complexity index is 941. The molecule has 7 nitrogen and oxygen atoms in total. The van der Waals surface area contributed by atoms with Crippen molar-refractivity contribution in [3.63, 3.8) is 0 Å². The van der Waals surface area contributed by atoms with Crippen LogP contribution in [0.15, 0.2) is 72.8 Å². The van der Waals surface area contributed by atoms with Gasteiger partial charge in [-0.2, -0.15) is 0 Å². The van der Waals surface area contributed by atoms with E-state index in [-0.39, 0.29) is 12.4 Å². The summed E-state index contributed by atoms with van der Waals surface area (Å²) in [6.45, 7) is 0.643. The van der Waals surface area contributed by atoms with Crippen molar-refractivity contribution in [3.05, 3.63) is 83.9 Å². The molecule has 7 heteroatoms. The minimum absolute atomic E-state index is 0.157. The Balaban J connectivity index is 1.64. The van der Waals surface area contributed by atoms with Crippen LogP contribution in [0.25, 0.3) is 0 Å². The van der Waals surface area contributed by atoms with Crippen LogP contribution in [-0.2, 0) is 18.1 Å². The van der Waals surface area contributed by atoms with E-state index >= 15 is 0 Å². The van der Waals surface area contributed by atoms with Crippen molar-refractivity contribution >= 4 is 6.16 Å². The molecule has 0 fully saturated rings. The van der Waals surface area contributed by atoms with E-state index < -0.39 is 6.16 Å². The summed E-state index contributed by atoms with van der Waals surface area (Å²) < 4.78 is 17.0. The van der Waals surface area contributed by atoms with Gasteiger partial charge >= 0.3 is 6.16 Å². The predicted molar refractivity (Wildman–Crippen MR) is 104 cm³/mol. The maximum Gasteiger partial charge on any atom is 0.547 e. The summed E-state index contributed by atoms with van der Waals surface area (Å²) in [5.74, 6) is 1.71. The average Bonchev–Trinajstić information content (AvgIpc) is 2.76. The van der Waals surface area contributed by atoms with Gasteiger partial charge in [0.15, 0.2) is 17.2 Å². The van der Waals surface area contributed by atoms with Crippen LogP contribution in [0.5, 0.6) is 23.0 Å². The number of carbonyl (C=O) groups is 1. The largest absolute Gasteiger partial charge is 0.547 e. The molecule has 0 unspecified atom stereocenters. The van der Waals surface area contributed by atoms with Gasteiger partial charge in [0, 0.05) is 0 Å². The van der Waals surface area contributed by atoms with Crippen molar-refractivity contribution in [2.75, 3.05) is 7.11 Å². The van der Waals surface area contributed by atoms with Gasteiger partial charge in [-0.15, -0.1) is 0 Å². The fourth-order valence-corrected chi connectivity index (χ4v) is 2.54. The molecular weight excluding hydrogens is 376 g/mol. The van der Waals surface area contributed by atoms with Crippen LogP contribution < -0.4 is 19.1 Å². The van der Waals surface area contributed by atoms with E-state index in [4.69, 9.17) is 24.2 Å².